The van der Waals surface area contributed by atoms with E-state index in [-0.39, 0.29) is 22.8 Å². The minimum absolute atomic E-state index is 0.115. The topological polar surface area (TPSA) is 74.2 Å². The van der Waals surface area contributed by atoms with E-state index in [4.69, 9.17) is 18.9 Å². The molecule has 2 aliphatic heterocycles. The number of fused-ring (bicyclic) bond motifs is 4. The van der Waals surface area contributed by atoms with Gasteiger partial charge in [-0.2, -0.15) is 0 Å². The van der Waals surface area contributed by atoms with Gasteiger partial charge in [0.1, 0.15) is 28.6 Å². The highest BCUT2D eigenvalue weighted by atomic mass is 16.7. The fraction of sp³-hybridized carbons (Fsp3) is 0.316. The van der Waals surface area contributed by atoms with Crippen LogP contribution in [0.3, 0.4) is 0 Å². The van der Waals surface area contributed by atoms with E-state index in [0.717, 1.165) is 5.56 Å². The molecule has 0 aromatic heterocycles. The number of Topliss-reactive ketones (excluding diaryl/α,β-unsaturated/α-hetero) is 1. The number of carbonyl (C=O) groups excluding carboxylic acids is 1. The lowest BCUT2D eigenvalue weighted by molar-refractivity contribution is -0.133. The average molecular weight is 342 g/mol. The number of ether oxygens (including phenoxy) is 4. The number of methoxy groups -OCH3 is 2. The Morgan fingerprint density at radius 1 is 1.12 bits per heavy atom. The van der Waals surface area contributed by atoms with Crippen LogP contribution in [0.4, 0.5) is 0 Å². The highest BCUT2D eigenvalue weighted by Crippen LogP contribution is 2.49. The van der Waals surface area contributed by atoms with Crippen LogP contribution in [0.5, 0.6) is 23.0 Å². The molecule has 2 heterocycles. The van der Waals surface area contributed by atoms with Crippen molar-refractivity contribution in [1.82, 2.24) is 0 Å². The van der Waals surface area contributed by atoms with Gasteiger partial charge in [-0.1, -0.05) is 18.2 Å². The van der Waals surface area contributed by atoms with Gasteiger partial charge in [0.2, 0.25) is 6.29 Å². The van der Waals surface area contributed by atoms with Crippen LogP contribution in [-0.2, 0) is 4.74 Å². The van der Waals surface area contributed by atoms with Crippen LogP contribution < -0.4 is 14.2 Å². The molecule has 2 aliphatic rings. The lowest BCUT2D eigenvalue weighted by Crippen LogP contribution is -2.50. The van der Waals surface area contributed by atoms with Crippen molar-refractivity contribution in [3.05, 3.63) is 47.0 Å². The number of phenols is 1. The van der Waals surface area contributed by atoms with E-state index >= 15 is 0 Å². The molecule has 3 unspecified atom stereocenters. The van der Waals surface area contributed by atoms with Crippen LogP contribution in [0.15, 0.2) is 30.3 Å². The highest BCUT2D eigenvalue weighted by molar-refractivity contribution is 6.07. The predicted octanol–water partition coefficient (Wildman–Crippen LogP) is 2.80. The second-order valence-electron chi connectivity index (χ2n) is 6.11. The van der Waals surface area contributed by atoms with Crippen LogP contribution >= 0.6 is 0 Å². The Kier molecular flexibility index (Phi) is 3.58. The van der Waals surface area contributed by atoms with Crippen LogP contribution in [0, 0.1) is 6.92 Å². The summed E-state index contributed by atoms with van der Waals surface area (Å²) in [5, 5.41) is 10.5. The second-order valence-corrected chi connectivity index (χ2v) is 6.11. The van der Waals surface area contributed by atoms with Gasteiger partial charge in [-0.3, -0.25) is 4.79 Å². The van der Waals surface area contributed by atoms with Crippen molar-refractivity contribution >= 4 is 5.78 Å². The SMILES string of the molecule is COc1cc2c(c(O)c1C)C(=O)C1c3ccccc3OC(OC)C1O2. The van der Waals surface area contributed by atoms with Gasteiger partial charge in [0, 0.05) is 24.3 Å². The Morgan fingerprint density at radius 2 is 1.88 bits per heavy atom. The standard InChI is InChI=1S/C19H18O6/c1-9-12(22-2)8-13-15(16(9)20)17(21)14-10-6-4-5-7-11(10)25-19(23-3)18(14)24-13/h4-8,14,18-20H,1-3H3. The van der Waals surface area contributed by atoms with E-state index in [0.29, 0.717) is 17.1 Å². The van der Waals surface area contributed by atoms with Crippen molar-refractivity contribution in [1.29, 1.82) is 0 Å². The minimum Gasteiger partial charge on any atom is -0.507 e. The van der Waals surface area contributed by atoms with E-state index in [1.54, 1.807) is 19.1 Å². The summed E-state index contributed by atoms with van der Waals surface area (Å²) in [6, 6.07) is 8.92. The predicted molar refractivity (Wildman–Crippen MR) is 88.8 cm³/mol. The summed E-state index contributed by atoms with van der Waals surface area (Å²) in [5.74, 6) is 0.370. The van der Waals surface area contributed by atoms with Crippen LogP contribution in [0.2, 0.25) is 0 Å². The molecule has 130 valence electrons. The number of hydrogen-bond acceptors (Lipinski definition) is 6. The van der Waals surface area contributed by atoms with Gasteiger partial charge in [0.15, 0.2) is 11.9 Å². The first-order valence-electron chi connectivity index (χ1n) is 7.96. The lowest BCUT2D eigenvalue weighted by Gasteiger charge is -2.41. The number of ketones is 1. The molecule has 3 atom stereocenters. The van der Waals surface area contributed by atoms with E-state index in [1.807, 2.05) is 18.2 Å². The summed E-state index contributed by atoms with van der Waals surface area (Å²) in [6.07, 6.45) is -1.38. The van der Waals surface area contributed by atoms with Crippen molar-refractivity contribution < 1.29 is 28.8 Å². The molecule has 25 heavy (non-hydrogen) atoms. The van der Waals surface area contributed by atoms with Crippen molar-refractivity contribution in [2.24, 2.45) is 0 Å². The molecular formula is C19H18O6. The van der Waals surface area contributed by atoms with E-state index in [1.165, 1.54) is 14.2 Å². The molecule has 0 spiro atoms. The van der Waals surface area contributed by atoms with Gasteiger partial charge < -0.3 is 24.1 Å². The third kappa shape index (κ3) is 2.17. The molecule has 2 aromatic carbocycles. The number of para-hydroxylation sites is 1. The number of benzene rings is 2. The zero-order chi connectivity index (χ0) is 17.7. The Bertz CT molecular complexity index is 859. The van der Waals surface area contributed by atoms with Crippen LogP contribution in [-0.4, -0.2) is 37.5 Å². The molecule has 6 heteroatoms. The normalized spacial score (nSPS) is 23.6. The quantitative estimate of drug-likeness (QED) is 0.905. The highest BCUT2D eigenvalue weighted by Gasteiger charge is 2.49. The first-order chi connectivity index (χ1) is 12.1. The molecule has 6 nitrogen and oxygen atoms in total. The zero-order valence-electron chi connectivity index (χ0n) is 14.1. The second kappa shape index (κ2) is 5.67. The van der Waals surface area contributed by atoms with Gasteiger partial charge in [0.05, 0.1) is 13.0 Å². The Hall–Kier alpha value is -2.73. The summed E-state index contributed by atoms with van der Waals surface area (Å²) in [4.78, 5) is 13.3. The van der Waals surface area contributed by atoms with Crippen LogP contribution in [0.25, 0.3) is 0 Å². The maximum atomic E-state index is 13.3. The molecule has 2 aromatic rings. The molecule has 0 aliphatic carbocycles. The van der Waals surface area contributed by atoms with Crippen molar-refractivity contribution in [3.63, 3.8) is 0 Å². The molecule has 1 N–H and O–H groups in total. The minimum atomic E-state index is -0.730. The Balaban J connectivity index is 1.91. The third-order valence-corrected chi connectivity index (χ3v) is 4.81. The maximum absolute atomic E-state index is 13.3. The van der Waals surface area contributed by atoms with E-state index in [9.17, 15) is 9.90 Å². The fourth-order valence-corrected chi connectivity index (χ4v) is 3.53. The van der Waals surface area contributed by atoms with Crippen LogP contribution in [0.1, 0.15) is 27.4 Å². The fourth-order valence-electron chi connectivity index (χ4n) is 3.53. The van der Waals surface area contributed by atoms with Gasteiger partial charge in [-0.05, 0) is 13.0 Å². The first kappa shape index (κ1) is 15.8. The molecule has 0 saturated carbocycles. The first-order valence-corrected chi connectivity index (χ1v) is 7.96. The van der Waals surface area contributed by atoms with Gasteiger partial charge in [0.25, 0.3) is 0 Å². The molecule has 0 amide bonds. The number of hydrogen-bond donors (Lipinski definition) is 1. The summed E-state index contributed by atoms with van der Waals surface area (Å²) in [5.41, 5.74) is 1.40. The smallest absolute Gasteiger partial charge is 0.238 e. The average Bonchev–Trinajstić information content (AvgIpc) is 2.63. The summed E-state index contributed by atoms with van der Waals surface area (Å²) >= 11 is 0. The monoisotopic (exact) mass is 342 g/mol. The molecule has 0 fully saturated rings. The largest absolute Gasteiger partial charge is 0.507 e. The summed E-state index contributed by atoms with van der Waals surface area (Å²) in [6.45, 7) is 1.70. The molecule has 4 rings (SSSR count). The molecular weight excluding hydrogens is 324 g/mol. The van der Waals surface area contributed by atoms with Gasteiger partial charge >= 0.3 is 0 Å². The van der Waals surface area contributed by atoms with Crippen molar-refractivity contribution in [2.45, 2.75) is 25.2 Å². The molecule has 0 saturated heterocycles. The maximum Gasteiger partial charge on any atom is 0.238 e. The van der Waals surface area contributed by atoms with Gasteiger partial charge in [-0.15, -0.1) is 0 Å². The third-order valence-electron chi connectivity index (χ3n) is 4.81. The summed E-state index contributed by atoms with van der Waals surface area (Å²) in [7, 11) is 3.01. The van der Waals surface area contributed by atoms with Crippen molar-refractivity contribution in [2.75, 3.05) is 14.2 Å². The van der Waals surface area contributed by atoms with Crippen molar-refractivity contribution in [3.8, 4) is 23.0 Å². The number of aromatic hydroxyl groups is 1. The Labute approximate surface area is 144 Å². The van der Waals surface area contributed by atoms with Gasteiger partial charge in [-0.25, -0.2) is 0 Å². The summed E-state index contributed by atoms with van der Waals surface area (Å²) < 4.78 is 22.5. The molecule has 0 bridgehead atoms. The van der Waals surface area contributed by atoms with E-state index in [2.05, 4.69) is 0 Å². The lowest BCUT2D eigenvalue weighted by atomic mass is 9.80. The number of carbonyl (C=O) groups is 1. The number of phenolic OH excluding ortho intramolecular Hbond substituents is 1. The Morgan fingerprint density at radius 3 is 2.60 bits per heavy atom. The number of rotatable bonds is 2. The molecule has 0 radical (unpaired) electrons. The van der Waals surface area contributed by atoms with E-state index < -0.39 is 18.3 Å². The zero-order valence-corrected chi connectivity index (χ0v) is 14.1.